The molecular formula is C25H32Cl2FN3O4S. The van der Waals surface area contributed by atoms with Gasteiger partial charge in [-0.15, -0.1) is 0 Å². The van der Waals surface area contributed by atoms with Crippen LogP contribution < -0.4 is 9.62 Å². The summed E-state index contributed by atoms with van der Waals surface area (Å²) in [6.07, 6.45) is 1.06. The number of hydrogen-bond acceptors (Lipinski definition) is 4. The molecule has 0 aromatic heterocycles. The Kier molecular flexibility index (Phi) is 11.0. The highest BCUT2D eigenvalue weighted by atomic mass is 35.5. The molecule has 0 unspecified atom stereocenters. The highest BCUT2D eigenvalue weighted by Crippen LogP contribution is 2.25. The third-order valence-corrected chi connectivity index (χ3v) is 7.38. The molecule has 0 aliphatic rings. The zero-order valence-electron chi connectivity index (χ0n) is 20.8. The number of sulfonamides is 1. The number of nitrogens with one attached hydrogen (secondary N) is 1. The predicted octanol–water partition coefficient (Wildman–Crippen LogP) is 4.87. The molecule has 1 atom stereocenters. The summed E-state index contributed by atoms with van der Waals surface area (Å²) in [5.41, 5.74) is 0.604. The Morgan fingerprint density at radius 2 is 1.72 bits per heavy atom. The van der Waals surface area contributed by atoms with E-state index in [-0.39, 0.29) is 49.4 Å². The van der Waals surface area contributed by atoms with Gasteiger partial charge in [0.25, 0.3) is 0 Å². The summed E-state index contributed by atoms with van der Waals surface area (Å²) in [5, 5.41) is 3.53. The molecule has 2 rings (SSSR count). The van der Waals surface area contributed by atoms with Gasteiger partial charge in [-0.25, -0.2) is 12.8 Å². The van der Waals surface area contributed by atoms with Crippen LogP contribution in [0.5, 0.6) is 0 Å². The van der Waals surface area contributed by atoms with Crippen molar-refractivity contribution in [3.63, 3.8) is 0 Å². The van der Waals surface area contributed by atoms with Crippen LogP contribution in [0.3, 0.4) is 0 Å². The number of carbonyl (C=O) groups is 2. The van der Waals surface area contributed by atoms with Crippen molar-refractivity contribution < 1.29 is 22.4 Å². The molecule has 11 heteroatoms. The summed E-state index contributed by atoms with van der Waals surface area (Å²) in [7, 11) is -3.78. The Hall–Kier alpha value is -2.36. The van der Waals surface area contributed by atoms with Gasteiger partial charge in [-0.1, -0.05) is 55.2 Å². The number of nitrogens with zero attached hydrogens (tertiary/aromatic N) is 2. The van der Waals surface area contributed by atoms with Gasteiger partial charge in [0.2, 0.25) is 21.8 Å². The molecule has 2 aromatic rings. The Morgan fingerprint density at radius 1 is 1.06 bits per heavy atom. The van der Waals surface area contributed by atoms with E-state index >= 15 is 0 Å². The third kappa shape index (κ3) is 8.64. The second-order valence-corrected chi connectivity index (χ2v) is 11.7. The Labute approximate surface area is 222 Å². The zero-order valence-corrected chi connectivity index (χ0v) is 23.1. The molecule has 0 aliphatic heterocycles. The summed E-state index contributed by atoms with van der Waals surface area (Å²) in [4.78, 5) is 27.4. The van der Waals surface area contributed by atoms with Gasteiger partial charge in [0.15, 0.2) is 0 Å². The fourth-order valence-electron chi connectivity index (χ4n) is 3.51. The Balaban J connectivity index is 2.20. The van der Waals surface area contributed by atoms with Gasteiger partial charge in [0.1, 0.15) is 11.9 Å². The Morgan fingerprint density at radius 3 is 2.31 bits per heavy atom. The van der Waals surface area contributed by atoms with Crippen LogP contribution in [0.15, 0.2) is 42.5 Å². The maximum atomic E-state index is 14.3. The van der Waals surface area contributed by atoms with Gasteiger partial charge >= 0.3 is 0 Å². The van der Waals surface area contributed by atoms with Gasteiger partial charge in [0.05, 0.1) is 22.0 Å². The number of amides is 2. The van der Waals surface area contributed by atoms with E-state index in [4.69, 9.17) is 23.2 Å². The highest BCUT2D eigenvalue weighted by molar-refractivity contribution is 7.92. The van der Waals surface area contributed by atoms with E-state index in [1.54, 1.807) is 25.1 Å². The molecule has 36 heavy (non-hydrogen) atoms. The van der Waals surface area contributed by atoms with Crippen LogP contribution >= 0.6 is 23.2 Å². The average Bonchev–Trinajstić information content (AvgIpc) is 2.80. The largest absolute Gasteiger partial charge is 0.354 e. The second kappa shape index (κ2) is 13.3. The molecule has 0 bridgehead atoms. The average molecular weight is 561 g/mol. The van der Waals surface area contributed by atoms with Crippen molar-refractivity contribution >= 4 is 50.7 Å². The molecule has 0 fully saturated rings. The fourth-order valence-corrected chi connectivity index (χ4v) is 4.79. The number of benzene rings is 2. The molecule has 2 aromatic carbocycles. The van der Waals surface area contributed by atoms with Crippen LogP contribution in [0.2, 0.25) is 10.0 Å². The number of hydrogen-bond donors (Lipinski definition) is 1. The quantitative estimate of drug-likeness (QED) is 0.402. The lowest BCUT2D eigenvalue weighted by Gasteiger charge is -2.30. The molecule has 0 saturated heterocycles. The van der Waals surface area contributed by atoms with E-state index in [9.17, 15) is 22.4 Å². The highest BCUT2D eigenvalue weighted by Gasteiger charge is 2.27. The van der Waals surface area contributed by atoms with Crippen LogP contribution in [0.25, 0.3) is 0 Å². The third-order valence-electron chi connectivity index (χ3n) is 5.46. The summed E-state index contributed by atoms with van der Waals surface area (Å²) in [5.74, 6) is -1.09. The summed E-state index contributed by atoms with van der Waals surface area (Å²) in [6, 6.07) is 9.73. The lowest BCUT2D eigenvalue weighted by Crippen LogP contribution is -2.48. The molecule has 0 radical (unpaired) electrons. The molecule has 1 N–H and O–H groups in total. The van der Waals surface area contributed by atoms with E-state index in [1.165, 1.54) is 29.2 Å². The maximum absolute atomic E-state index is 14.3. The van der Waals surface area contributed by atoms with Crippen molar-refractivity contribution in [2.45, 2.75) is 46.2 Å². The first-order valence-electron chi connectivity index (χ1n) is 11.5. The topological polar surface area (TPSA) is 86.8 Å². The minimum absolute atomic E-state index is 0.0520. The maximum Gasteiger partial charge on any atom is 0.242 e. The summed E-state index contributed by atoms with van der Waals surface area (Å²) >= 11 is 12.1. The molecule has 7 nitrogen and oxygen atoms in total. The van der Waals surface area contributed by atoms with Crippen molar-refractivity contribution in [2.24, 2.45) is 5.92 Å². The normalized spacial score (nSPS) is 12.3. The first-order chi connectivity index (χ1) is 16.8. The number of para-hydroxylation sites is 1. The van der Waals surface area contributed by atoms with Crippen LogP contribution in [0, 0.1) is 11.7 Å². The van der Waals surface area contributed by atoms with Crippen LogP contribution in [0.4, 0.5) is 10.1 Å². The van der Waals surface area contributed by atoms with Crippen LogP contribution in [-0.2, 0) is 26.2 Å². The molecule has 0 saturated carbocycles. The van der Waals surface area contributed by atoms with E-state index < -0.39 is 21.9 Å². The molecule has 2 amide bonds. The number of carbonyl (C=O) groups excluding carboxylic acids is 2. The van der Waals surface area contributed by atoms with Gasteiger partial charge in [-0.3, -0.25) is 13.9 Å². The predicted molar refractivity (Wildman–Crippen MR) is 142 cm³/mol. The monoisotopic (exact) mass is 559 g/mol. The number of rotatable bonds is 12. The smallest absolute Gasteiger partial charge is 0.242 e. The summed E-state index contributed by atoms with van der Waals surface area (Å²) < 4.78 is 39.8. The lowest BCUT2D eigenvalue weighted by atomic mass is 10.1. The van der Waals surface area contributed by atoms with E-state index in [1.807, 2.05) is 13.8 Å². The second-order valence-electron chi connectivity index (χ2n) is 8.98. The molecule has 0 aliphatic carbocycles. The van der Waals surface area contributed by atoms with E-state index in [0.717, 1.165) is 10.6 Å². The van der Waals surface area contributed by atoms with Crippen molar-refractivity contribution in [1.29, 1.82) is 0 Å². The summed E-state index contributed by atoms with van der Waals surface area (Å²) in [6.45, 7) is 6.03. The van der Waals surface area contributed by atoms with Gasteiger partial charge in [-0.2, -0.15) is 0 Å². The van der Waals surface area contributed by atoms with Gasteiger partial charge < -0.3 is 10.2 Å². The Bertz CT molecular complexity index is 1180. The fraction of sp³-hybridized carbons (Fsp3) is 0.440. The first-order valence-corrected chi connectivity index (χ1v) is 14.1. The zero-order chi connectivity index (χ0) is 27.0. The molecule has 0 heterocycles. The minimum Gasteiger partial charge on any atom is -0.354 e. The standard InChI is InChI=1S/C25H32Cl2FN3O4S/c1-17(2)15-29-25(33)18(3)30(16-19-11-12-20(26)21(27)14-19)24(32)10-7-13-31(36(4,34)35)23-9-6-5-8-22(23)28/h5-6,8-9,11-12,14,17-18H,7,10,13,15-16H2,1-4H3,(H,29,33)/t18-/m1/s1. The molecular weight excluding hydrogens is 528 g/mol. The van der Waals surface area contributed by atoms with E-state index in [2.05, 4.69) is 5.32 Å². The first kappa shape index (κ1) is 29.9. The van der Waals surface area contributed by atoms with Gasteiger partial charge in [-0.05, 0) is 49.1 Å². The van der Waals surface area contributed by atoms with E-state index in [0.29, 0.717) is 22.2 Å². The minimum atomic E-state index is -3.78. The molecule has 0 spiro atoms. The van der Waals surface area contributed by atoms with Crippen LogP contribution in [0.1, 0.15) is 39.2 Å². The lowest BCUT2D eigenvalue weighted by molar-refractivity contribution is -0.140. The number of anilines is 1. The number of halogens is 3. The molecule has 198 valence electrons. The SMILES string of the molecule is CC(C)CNC(=O)[C@@H](C)N(Cc1ccc(Cl)c(Cl)c1)C(=O)CCCN(c1ccccc1F)S(C)(=O)=O. The van der Waals surface area contributed by atoms with Crippen molar-refractivity contribution in [3.8, 4) is 0 Å². The van der Waals surface area contributed by atoms with Crippen molar-refractivity contribution in [3.05, 3.63) is 63.9 Å². The van der Waals surface area contributed by atoms with Crippen molar-refractivity contribution in [2.75, 3.05) is 23.7 Å². The van der Waals surface area contributed by atoms with Crippen molar-refractivity contribution in [1.82, 2.24) is 10.2 Å². The van der Waals surface area contributed by atoms with Crippen LogP contribution in [-0.4, -0.2) is 50.5 Å². The van der Waals surface area contributed by atoms with Gasteiger partial charge in [0, 0.05) is 26.1 Å².